The topological polar surface area (TPSA) is 73.0 Å². The van der Waals surface area contributed by atoms with Gasteiger partial charge in [0.1, 0.15) is 4.21 Å². The van der Waals surface area contributed by atoms with Crippen LogP contribution < -0.4 is 5.73 Å². The number of rotatable bonds is 2. The number of nitrogen functional groups attached to an aromatic ring is 1. The minimum absolute atomic E-state index is 0.367. The summed E-state index contributed by atoms with van der Waals surface area (Å²) < 4.78 is 21.9. The summed E-state index contributed by atoms with van der Waals surface area (Å²) in [6.07, 6.45) is 0. The standard InChI is InChI=1S/C8H8N2O2S3/c1-4-7(14-8(9)10-4)5-2-6(13-3-5)15(11)12/h2-3,15H,1H3,(H2,9,10). The molecule has 80 valence electrons. The van der Waals surface area contributed by atoms with Crippen LogP contribution in [0.4, 0.5) is 5.13 Å². The Balaban J connectivity index is 2.50. The van der Waals surface area contributed by atoms with Gasteiger partial charge in [0.2, 0.25) is 0 Å². The SMILES string of the molecule is Cc1nc(N)sc1-c1csc([SH](=O)=O)c1. The van der Waals surface area contributed by atoms with Crippen molar-refractivity contribution in [3.8, 4) is 10.4 Å². The first-order valence-corrected chi connectivity index (χ1v) is 6.91. The molecule has 0 spiro atoms. The summed E-state index contributed by atoms with van der Waals surface area (Å²) in [5.74, 6) is 0. The number of nitrogens with two attached hydrogens (primary N) is 1. The molecule has 0 aliphatic heterocycles. The summed E-state index contributed by atoms with van der Waals surface area (Å²) in [6, 6.07) is 1.65. The molecule has 2 aromatic heterocycles. The molecule has 15 heavy (non-hydrogen) atoms. The first kappa shape index (κ1) is 10.6. The minimum atomic E-state index is -2.50. The van der Waals surface area contributed by atoms with Gasteiger partial charge in [0.25, 0.3) is 0 Å². The molecule has 0 saturated heterocycles. The molecule has 0 amide bonds. The number of thiophene rings is 1. The Hall–Kier alpha value is -0.920. The van der Waals surface area contributed by atoms with E-state index in [2.05, 4.69) is 4.98 Å². The summed E-state index contributed by atoms with van der Waals surface area (Å²) in [7, 11) is -2.50. The molecule has 0 atom stereocenters. The molecule has 2 aromatic rings. The van der Waals surface area contributed by atoms with Crippen LogP contribution in [0.2, 0.25) is 0 Å². The van der Waals surface area contributed by atoms with Crippen molar-refractivity contribution in [3.63, 3.8) is 0 Å². The van der Waals surface area contributed by atoms with E-state index >= 15 is 0 Å². The van der Waals surface area contributed by atoms with Crippen molar-refractivity contribution in [2.45, 2.75) is 11.1 Å². The number of hydrogen-bond acceptors (Lipinski definition) is 6. The molecular formula is C8H8N2O2S3. The zero-order chi connectivity index (χ0) is 11.0. The number of nitrogens with zero attached hydrogens (tertiary/aromatic N) is 1. The van der Waals surface area contributed by atoms with Gasteiger partial charge < -0.3 is 5.73 Å². The Morgan fingerprint density at radius 3 is 2.67 bits per heavy atom. The number of thiazole rings is 1. The number of thiol groups is 1. The fourth-order valence-corrected chi connectivity index (χ4v) is 3.50. The molecule has 0 aliphatic rings. The number of aromatic nitrogens is 1. The van der Waals surface area contributed by atoms with Crippen LogP contribution in [0.5, 0.6) is 0 Å². The average molecular weight is 260 g/mol. The van der Waals surface area contributed by atoms with Gasteiger partial charge in [0, 0.05) is 10.9 Å². The zero-order valence-electron chi connectivity index (χ0n) is 7.76. The Bertz CT molecular complexity index is 560. The van der Waals surface area contributed by atoms with Crippen LogP contribution in [0, 0.1) is 6.92 Å². The smallest absolute Gasteiger partial charge is 0.180 e. The molecule has 4 nitrogen and oxygen atoms in total. The van der Waals surface area contributed by atoms with Gasteiger partial charge >= 0.3 is 0 Å². The van der Waals surface area contributed by atoms with Gasteiger partial charge in [-0.15, -0.1) is 11.3 Å². The summed E-state index contributed by atoms with van der Waals surface area (Å²) >= 11 is 2.58. The van der Waals surface area contributed by atoms with Crippen molar-refractivity contribution in [1.82, 2.24) is 4.98 Å². The van der Waals surface area contributed by atoms with E-state index in [1.54, 1.807) is 11.4 Å². The van der Waals surface area contributed by atoms with E-state index < -0.39 is 10.7 Å². The summed E-state index contributed by atoms with van der Waals surface area (Å²) in [4.78, 5) is 5.03. The monoisotopic (exact) mass is 260 g/mol. The summed E-state index contributed by atoms with van der Waals surface area (Å²) in [5.41, 5.74) is 7.29. The second-order valence-electron chi connectivity index (χ2n) is 2.90. The summed E-state index contributed by atoms with van der Waals surface area (Å²) in [5, 5.41) is 2.31. The molecule has 0 fully saturated rings. The maximum Gasteiger partial charge on any atom is 0.180 e. The third kappa shape index (κ3) is 2.04. The van der Waals surface area contributed by atoms with E-state index in [4.69, 9.17) is 5.73 Å². The highest BCUT2D eigenvalue weighted by molar-refractivity contribution is 7.75. The fourth-order valence-electron chi connectivity index (χ4n) is 1.22. The van der Waals surface area contributed by atoms with Crippen molar-refractivity contribution >= 4 is 38.5 Å². The molecule has 0 aliphatic carbocycles. The zero-order valence-corrected chi connectivity index (χ0v) is 10.3. The summed E-state index contributed by atoms with van der Waals surface area (Å²) in [6.45, 7) is 1.86. The fraction of sp³-hybridized carbons (Fsp3) is 0.125. The lowest BCUT2D eigenvalue weighted by molar-refractivity contribution is 0.616. The third-order valence-electron chi connectivity index (χ3n) is 1.84. The molecular weight excluding hydrogens is 252 g/mol. The third-order valence-corrected chi connectivity index (χ3v) is 4.86. The predicted octanol–water partition coefficient (Wildman–Crippen LogP) is 1.73. The lowest BCUT2D eigenvalue weighted by atomic mass is 10.2. The Morgan fingerprint density at radius 1 is 1.47 bits per heavy atom. The molecule has 0 saturated carbocycles. The van der Waals surface area contributed by atoms with Gasteiger partial charge in [-0.2, -0.15) is 0 Å². The van der Waals surface area contributed by atoms with Crippen LogP contribution in [0.15, 0.2) is 15.7 Å². The van der Waals surface area contributed by atoms with Crippen LogP contribution in [0.25, 0.3) is 10.4 Å². The number of aryl methyl sites for hydroxylation is 1. The van der Waals surface area contributed by atoms with Crippen LogP contribution in [0.1, 0.15) is 5.69 Å². The second kappa shape index (κ2) is 3.92. The minimum Gasteiger partial charge on any atom is -0.375 e. The lowest BCUT2D eigenvalue weighted by Gasteiger charge is -1.90. The Morgan fingerprint density at radius 2 is 2.20 bits per heavy atom. The maximum absolute atomic E-state index is 10.7. The first-order chi connectivity index (χ1) is 7.08. The second-order valence-corrected chi connectivity index (χ2v) is 6.14. The molecule has 2 rings (SSSR count). The largest absolute Gasteiger partial charge is 0.375 e. The van der Waals surface area contributed by atoms with Gasteiger partial charge in [-0.25, -0.2) is 13.4 Å². The maximum atomic E-state index is 10.7. The van der Waals surface area contributed by atoms with Gasteiger partial charge in [-0.3, -0.25) is 0 Å². The van der Waals surface area contributed by atoms with Crippen molar-refractivity contribution in [1.29, 1.82) is 0 Å². The van der Waals surface area contributed by atoms with Crippen LogP contribution in [0.3, 0.4) is 0 Å². The molecule has 2 heterocycles. The van der Waals surface area contributed by atoms with Gasteiger partial charge in [0.15, 0.2) is 15.8 Å². The first-order valence-electron chi connectivity index (χ1n) is 4.04. The van der Waals surface area contributed by atoms with Crippen molar-refractivity contribution in [3.05, 3.63) is 17.1 Å². The van der Waals surface area contributed by atoms with Crippen LogP contribution in [-0.2, 0) is 10.7 Å². The van der Waals surface area contributed by atoms with E-state index in [0.717, 1.165) is 16.1 Å². The Kier molecular flexibility index (Phi) is 2.76. The molecule has 0 radical (unpaired) electrons. The highest BCUT2D eigenvalue weighted by atomic mass is 32.2. The van der Waals surface area contributed by atoms with Crippen molar-refractivity contribution in [2.24, 2.45) is 0 Å². The van der Waals surface area contributed by atoms with E-state index in [-0.39, 0.29) is 0 Å². The van der Waals surface area contributed by atoms with E-state index in [0.29, 0.717) is 9.34 Å². The quantitative estimate of drug-likeness (QED) is 0.807. The molecule has 0 bridgehead atoms. The molecule has 0 unspecified atom stereocenters. The number of anilines is 1. The number of hydrogen-bond donors (Lipinski definition) is 2. The van der Waals surface area contributed by atoms with E-state index in [9.17, 15) is 8.42 Å². The predicted molar refractivity (Wildman–Crippen MR) is 63.2 cm³/mol. The average Bonchev–Trinajstić information content (AvgIpc) is 2.71. The van der Waals surface area contributed by atoms with E-state index in [1.807, 2.05) is 6.92 Å². The van der Waals surface area contributed by atoms with Gasteiger partial charge in [-0.05, 0) is 13.0 Å². The highest BCUT2D eigenvalue weighted by Crippen LogP contribution is 2.34. The Labute approximate surface area is 96.4 Å². The van der Waals surface area contributed by atoms with Crippen LogP contribution in [-0.4, -0.2) is 13.4 Å². The highest BCUT2D eigenvalue weighted by Gasteiger charge is 2.10. The molecule has 2 N–H and O–H groups in total. The van der Waals surface area contributed by atoms with Gasteiger partial charge in [0.05, 0.1) is 10.6 Å². The lowest BCUT2D eigenvalue weighted by Crippen LogP contribution is -1.80. The van der Waals surface area contributed by atoms with Crippen molar-refractivity contribution < 1.29 is 8.42 Å². The van der Waals surface area contributed by atoms with Crippen LogP contribution >= 0.6 is 22.7 Å². The normalized spacial score (nSPS) is 11.1. The molecule has 0 aromatic carbocycles. The van der Waals surface area contributed by atoms with Gasteiger partial charge in [-0.1, -0.05) is 11.3 Å². The van der Waals surface area contributed by atoms with E-state index in [1.165, 1.54) is 22.7 Å². The molecule has 7 heteroatoms. The van der Waals surface area contributed by atoms with Crippen molar-refractivity contribution in [2.75, 3.05) is 5.73 Å².